The zero-order valence-electron chi connectivity index (χ0n) is 15.7. The van der Waals surface area contributed by atoms with E-state index in [9.17, 15) is 0 Å². The molecule has 140 valence electrons. The molecule has 28 heavy (non-hydrogen) atoms. The zero-order valence-corrected chi connectivity index (χ0v) is 17.4. The summed E-state index contributed by atoms with van der Waals surface area (Å²) in [6.07, 6.45) is 0. The molecular weight excluding hydrogens is 383 g/mol. The SMILES string of the molecule is COc1ccccc1[P+](c1ccccc1)(c1ccccc1)c1ccccc1.[Cl-]. The van der Waals surface area contributed by atoms with Gasteiger partial charge in [0.15, 0.2) is 11.1 Å². The van der Waals surface area contributed by atoms with E-state index in [-0.39, 0.29) is 12.4 Å². The van der Waals surface area contributed by atoms with Crippen LogP contribution in [0.15, 0.2) is 115 Å². The Balaban J connectivity index is 0.00000225. The molecule has 4 aromatic carbocycles. The zero-order chi connectivity index (χ0) is 18.5. The molecule has 0 N–H and O–H groups in total. The lowest BCUT2D eigenvalue weighted by Crippen LogP contribution is -3.00. The maximum absolute atomic E-state index is 5.84. The van der Waals surface area contributed by atoms with Gasteiger partial charge in [0.05, 0.1) is 7.11 Å². The van der Waals surface area contributed by atoms with Gasteiger partial charge in [-0.3, -0.25) is 0 Å². The van der Waals surface area contributed by atoms with Crippen molar-refractivity contribution in [3.05, 3.63) is 115 Å². The monoisotopic (exact) mass is 404 g/mol. The molecule has 0 atom stereocenters. The molecule has 0 fully saturated rings. The number of rotatable bonds is 5. The van der Waals surface area contributed by atoms with E-state index >= 15 is 0 Å². The van der Waals surface area contributed by atoms with Crippen LogP contribution in [0.25, 0.3) is 0 Å². The van der Waals surface area contributed by atoms with Crippen LogP contribution in [-0.2, 0) is 0 Å². The Hall–Kier alpha value is -2.60. The first-order valence-corrected chi connectivity index (χ1v) is 10.9. The summed E-state index contributed by atoms with van der Waals surface area (Å²) in [4.78, 5) is 0. The van der Waals surface area contributed by atoms with Crippen LogP contribution in [0.1, 0.15) is 0 Å². The Labute approximate surface area is 173 Å². The average Bonchev–Trinajstić information content (AvgIpc) is 2.77. The Bertz CT molecular complexity index is 907. The molecule has 0 spiro atoms. The third kappa shape index (κ3) is 3.44. The lowest BCUT2D eigenvalue weighted by molar-refractivity contribution is -0.00000545. The molecule has 0 saturated carbocycles. The number of halogens is 1. The molecule has 0 aliphatic rings. The summed E-state index contributed by atoms with van der Waals surface area (Å²) in [6, 6.07) is 41.0. The molecule has 0 aliphatic heterocycles. The molecule has 0 amide bonds. The van der Waals surface area contributed by atoms with Crippen LogP contribution in [0.2, 0.25) is 0 Å². The van der Waals surface area contributed by atoms with Crippen LogP contribution in [-0.4, -0.2) is 7.11 Å². The van der Waals surface area contributed by atoms with Gasteiger partial charge in [-0.05, 0) is 48.5 Å². The molecule has 0 heterocycles. The van der Waals surface area contributed by atoms with Crippen molar-refractivity contribution in [3.63, 3.8) is 0 Å². The standard InChI is InChI=1S/C25H22OP.ClH/c1-26-24-19-11-12-20-25(24)27(21-13-5-2-6-14-21,22-15-7-3-8-16-22)23-17-9-4-10-18-23;/h2-20H,1H3;1H/q+1;/p-1. The summed E-state index contributed by atoms with van der Waals surface area (Å²) in [6.45, 7) is 0. The van der Waals surface area contributed by atoms with E-state index < -0.39 is 7.26 Å². The fourth-order valence-electron chi connectivity index (χ4n) is 3.73. The highest BCUT2D eigenvalue weighted by Crippen LogP contribution is 2.55. The molecule has 0 aromatic heterocycles. The van der Waals surface area contributed by atoms with Gasteiger partial charge in [0.2, 0.25) is 0 Å². The van der Waals surface area contributed by atoms with E-state index in [0.717, 1.165) is 5.75 Å². The maximum atomic E-state index is 5.84. The minimum absolute atomic E-state index is 0. The first-order chi connectivity index (χ1) is 13.4. The van der Waals surface area contributed by atoms with E-state index in [1.807, 2.05) is 6.07 Å². The van der Waals surface area contributed by atoms with Crippen LogP contribution < -0.4 is 38.4 Å². The molecule has 0 radical (unpaired) electrons. The predicted molar refractivity (Wildman–Crippen MR) is 118 cm³/mol. The van der Waals surface area contributed by atoms with Gasteiger partial charge in [-0.25, -0.2) is 0 Å². The summed E-state index contributed by atoms with van der Waals surface area (Å²) in [5.74, 6) is 0.933. The fraction of sp³-hybridized carbons (Fsp3) is 0.0400. The third-order valence-corrected chi connectivity index (χ3v) is 9.19. The van der Waals surface area contributed by atoms with Crippen molar-refractivity contribution in [2.75, 3.05) is 7.11 Å². The average molecular weight is 405 g/mol. The number of para-hydroxylation sites is 1. The van der Waals surface area contributed by atoms with Gasteiger partial charge >= 0.3 is 0 Å². The molecule has 0 aliphatic carbocycles. The van der Waals surface area contributed by atoms with Crippen LogP contribution in [0.5, 0.6) is 5.75 Å². The van der Waals surface area contributed by atoms with Crippen molar-refractivity contribution >= 4 is 28.5 Å². The number of methoxy groups -OCH3 is 1. The second kappa shape index (κ2) is 9.06. The third-order valence-electron chi connectivity index (χ3n) is 4.88. The number of hydrogen-bond acceptors (Lipinski definition) is 1. The predicted octanol–water partition coefficient (Wildman–Crippen LogP) is 1.32. The highest BCUT2D eigenvalue weighted by atomic mass is 35.5. The number of benzene rings is 4. The summed E-state index contributed by atoms with van der Waals surface area (Å²) >= 11 is 0. The Morgan fingerprint density at radius 3 is 1.25 bits per heavy atom. The summed E-state index contributed by atoms with van der Waals surface area (Å²) in [5, 5.41) is 5.22. The number of hydrogen-bond donors (Lipinski definition) is 0. The smallest absolute Gasteiger partial charge is 0.162 e. The topological polar surface area (TPSA) is 9.23 Å². The molecule has 0 bridgehead atoms. The maximum Gasteiger partial charge on any atom is 0.162 e. The minimum Gasteiger partial charge on any atom is -1.00 e. The lowest BCUT2D eigenvalue weighted by Gasteiger charge is -2.28. The van der Waals surface area contributed by atoms with Crippen LogP contribution in [0, 0.1) is 0 Å². The second-order valence-corrected chi connectivity index (χ2v) is 9.72. The Morgan fingerprint density at radius 1 is 0.500 bits per heavy atom. The molecule has 0 unspecified atom stereocenters. The quantitative estimate of drug-likeness (QED) is 0.456. The van der Waals surface area contributed by atoms with Crippen LogP contribution in [0.4, 0.5) is 0 Å². The molecular formula is C25H22ClOP. The van der Waals surface area contributed by atoms with Crippen molar-refractivity contribution in [3.8, 4) is 5.75 Å². The molecule has 0 saturated heterocycles. The Morgan fingerprint density at radius 2 is 0.857 bits per heavy atom. The highest BCUT2D eigenvalue weighted by Gasteiger charge is 2.49. The van der Waals surface area contributed by atoms with Gasteiger partial charge in [0, 0.05) is 0 Å². The van der Waals surface area contributed by atoms with Crippen molar-refractivity contribution < 1.29 is 17.1 Å². The van der Waals surface area contributed by atoms with E-state index in [0.29, 0.717) is 0 Å². The molecule has 3 heteroatoms. The molecule has 1 nitrogen and oxygen atoms in total. The lowest BCUT2D eigenvalue weighted by atomic mass is 10.3. The van der Waals surface area contributed by atoms with E-state index in [1.165, 1.54) is 21.2 Å². The van der Waals surface area contributed by atoms with Crippen molar-refractivity contribution in [1.29, 1.82) is 0 Å². The van der Waals surface area contributed by atoms with Gasteiger partial charge in [0.1, 0.15) is 23.2 Å². The van der Waals surface area contributed by atoms with Gasteiger partial charge in [0.25, 0.3) is 0 Å². The minimum atomic E-state index is -2.08. The van der Waals surface area contributed by atoms with Gasteiger partial charge in [-0.15, -0.1) is 0 Å². The molecule has 4 rings (SSSR count). The van der Waals surface area contributed by atoms with Crippen molar-refractivity contribution in [1.82, 2.24) is 0 Å². The van der Waals surface area contributed by atoms with E-state index in [2.05, 4.69) is 109 Å². The Kier molecular flexibility index (Phi) is 6.52. The fourth-order valence-corrected chi connectivity index (χ4v) is 8.12. The largest absolute Gasteiger partial charge is 1.00 e. The van der Waals surface area contributed by atoms with Crippen LogP contribution >= 0.6 is 7.26 Å². The van der Waals surface area contributed by atoms with Crippen LogP contribution in [0.3, 0.4) is 0 Å². The van der Waals surface area contributed by atoms with Gasteiger partial charge < -0.3 is 17.1 Å². The normalized spacial score (nSPS) is 10.8. The van der Waals surface area contributed by atoms with E-state index in [4.69, 9.17) is 4.74 Å². The summed E-state index contributed by atoms with van der Waals surface area (Å²) < 4.78 is 5.84. The first-order valence-electron chi connectivity index (χ1n) is 9.07. The highest BCUT2D eigenvalue weighted by molar-refractivity contribution is 8.01. The number of ether oxygens (including phenoxy) is 1. The summed E-state index contributed by atoms with van der Waals surface area (Å²) in [5.41, 5.74) is 0. The summed E-state index contributed by atoms with van der Waals surface area (Å²) in [7, 11) is -0.326. The molecule has 4 aromatic rings. The van der Waals surface area contributed by atoms with Crippen molar-refractivity contribution in [2.45, 2.75) is 0 Å². The van der Waals surface area contributed by atoms with Gasteiger partial charge in [-0.1, -0.05) is 66.7 Å². The second-order valence-electron chi connectivity index (χ2n) is 6.35. The van der Waals surface area contributed by atoms with E-state index in [1.54, 1.807) is 7.11 Å². The first kappa shape index (κ1) is 20.1. The van der Waals surface area contributed by atoms with Gasteiger partial charge in [-0.2, -0.15) is 0 Å². The van der Waals surface area contributed by atoms with Crippen molar-refractivity contribution in [2.24, 2.45) is 0 Å².